The first-order valence-corrected chi connectivity index (χ1v) is 7.84. The highest BCUT2D eigenvalue weighted by molar-refractivity contribution is 6.22. The minimum atomic E-state index is -4.69. The molecule has 0 bridgehead atoms. The summed E-state index contributed by atoms with van der Waals surface area (Å²) >= 11 is 5.34. The summed E-state index contributed by atoms with van der Waals surface area (Å²) in [4.78, 5) is 35.3. The Morgan fingerprint density at radius 1 is 1.11 bits per heavy atom. The van der Waals surface area contributed by atoms with Crippen molar-refractivity contribution in [2.45, 2.75) is 12.1 Å². The van der Waals surface area contributed by atoms with Crippen molar-refractivity contribution in [2.75, 3.05) is 6.54 Å². The van der Waals surface area contributed by atoms with E-state index in [-0.39, 0.29) is 16.7 Å². The highest BCUT2D eigenvalue weighted by Gasteiger charge is 2.37. The van der Waals surface area contributed by atoms with Gasteiger partial charge in [0.15, 0.2) is 0 Å². The topological polar surface area (TPSA) is 89.3 Å². The van der Waals surface area contributed by atoms with Crippen LogP contribution < -0.4 is 4.84 Å². The van der Waals surface area contributed by atoms with Crippen molar-refractivity contribution >= 4 is 23.5 Å². The summed E-state index contributed by atoms with van der Waals surface area (Å²) in [6, 6.07) is 9.51. The first-order valence-electron chi connectivity index (χ1n) is 7.46. The Kier molecular flexibility index (Phi) is 6.17. The number of carbonyl (C=O) groups is 2. The molecule has 0 saturated carbocycles. The lowest BCUT2D eigenvalue weighted by Crippen LogP contribution is -2.25. The molecule has 0 fully saturated rings. The molecule has 0 heterocycles. The molecular weight excluding hydrogens is 389 g/mol. The molecule has 1 unspecified atom stereocenters. The summed E-state index contributed by atoms with van der Waals surface area (Å²) in [6.45, 7) is -0.915. The molecular formula is C17H12ClF3N2O4. The van der Waals surface area contributed by atoms with Gasteiger partial charge in [0.2, 0.25) is 11.7 Å². The molecule has 6 nitrogen and oxygen atoms in total. The number of benzene rings is 2. The average Bonchev–Trinajstić information content (AvgIpc) is 2.61. The van der Waals surface area contributed by atoms with Crippen molar-refractivity contribution in [3.8, 4) is 0 Å². The van der Waals surface area contributed by atoms with Gasteiger partial charge in [-0.05, 0) is 17.2 Å². The van der Waals surface area contributed by atoms with Crippen LogP contribution in [0.1, 0.15) is 33.0 Å². The molecule has 0 aromatic heterocycles. The van der Waals surface area contributed by atoms with Gasteiger partial charge in [-0.25, -0.2) is 0 Å². The van der Waals surface area contributed by atoms with Gasteiger partial charge in [-0.3, -0.25) is 24.5 Å². The van der Waals surface area contributed by atoms with Crippen molar-refractivity contribution in [1.29, 1.82) is 0 Å². The monoisotopic (exact) mass is 400 g/mol. The number of hydrogen-bond acceptors (Lipinski definition) is 4. The van der Waals surface area contributed by atoms with Crippen molar-refractivity contribution < 1.29 is 27.7 Å². The molecule has 1 amide bonds. The third-order valence-corrected chi connectivity index (χ3v) is 3.96. The number of carbonyl (C=O) groups excluding carboxylic acids is 2. The normalized spacial score (nSPS) is 12.3. The van der Waals surface area contributed by atoms with Gasteiger partial charge < -0.3 is 0 Å². The molecule has 0 spiro atoms. The minimum Gasteiger partial charge on any atom is -0.287 e. The highest BCUT2D eigenvalue weighted by Crippen LogP contribution is 2.37. The fraction of sp³-hybridized carbons (Fsp3) is 0.176. The Balaban J connectivity index is 2.49. The number of nitro groups is 1. The number of halogens is 4. The number of ketones is 1. The second-order valence-electron chi connectivity index (χ2n) is 5.51. The van der Waals surface area contributed by atoms with E-state index in [0.29, 0.717) is 0 Å². The van der Waals surface area contributed by atoms with Crippen molar-refractivity contribution in [1.82, 2.24) is 4.84 Å². The minimum absolute atomic E-state index is 0.00425. The third kappa shape index (κ3) is 4.82. The van der Waals surface area contributed by atoms with E-state index in [9.17, 15) is 32.9 Å². The van der Waals surface area contributed by atoms with Crippen molar-refractivity contribution in [3.63, 3.8) is 0 Å². The molecule has 0 radical (unpaired) electrons. The number of rotatable bonds is 6. The van der Waals surface area contributed by atoms with E-state index in [0.717, 1.165) is 12.1 Å². The van der Waals surface area contributed by atoms with E-state index >= 15 is 0 Å². The molecule has 0 aliphatic rings. The quantitative estimate of drug-likeness (QED) is 0.347. The maximum absolute atomic E-state index is 13.3. The van der Waals surface area contributed by atoms with E-state index in [1.54, 1.807) is 0 Å². The van der Waals surface area contributed by atoms with Crippen LogP contribution >= 0.6 is 11.8 Å². The fourth-order valence-corrected chi connectivity index (χ4v) is 2.71. The Bertz CT molecular complexity index is 869. The fourth-order valence-electron chi connectivity index (χ4n) is 2.60. The van der Waals surface area contributed by atoms with E-state index in [4.69, 9.17) is 11.8 Å². The summed E-state index contributed by atoms with van der Waals surface area (Å²) in [5.41, 5.74) is -1.16. The van der Waals surface area contributed by atoms with Gasteiger partial charge in [0, 0.05) is 22.3 Å². The summed E-state index contributed by atoms with van der Waals surface area (Å²) in [5, 5.41) is 10.4. The van der Waals surface area contributed by atoms with E-state index in [1.807, 2.05) is 4.84 Å². The van der Waals surface area contributed by atoms with E-state index < -0.39 is 40.8 Å². The molecule has 2 rings (SSSR count). The van der Waals surface area contributed by atoms with Gasteiger partial charge in [-0.2, -0.15) is 13.2 Å². The first kappa shape index (κ1) is 20.4. The lowest BCUT2D eigenvalue weighted by atomic mass is 9.86. The van der Waals surface area contributed by atoms with Crippen LogP contribution in [-0.2, 0) is 11.0 Å². The van der Waals surface area contributed by atoms with Gasteiger partial charge in [0.1, 0.15) is 0 Å². The van der Waals surface area contributed by atoms with Crippen LogP contribution in [0.2, 0.25) is 0 Å². The molecule has 2 aromatic carbocycles. The summed E-state index contributed by atoms with van der Waals surface area (Å²) in [7, 11) is 0. The number of hydrogen-bond donors (Lipinski definition) is 1. The lowest BCUT2D eigenvalue weighted by Gasteiger charge is -2.20. The van der Waals surface area contributed by atoms with Gasteiger partial charge in [0.05, 0.1) is 11.5 Å². The zero-order valence-electron chi connectivity index (χ0n) is 13.5. The van der Waals surface area contributed by atoms with Gasteiger partial charge in [0.25, 0.3) is 6.54 Å². The van der Waals surface area contributed by atoms with Crippen molar-refractivity contribution in [2.24, 2.45) is 0 Å². The summed E-state index contributed by atoms with van der Waals surface area (Å²) < 4.78 is 39.9. The first-order chi connectivity index (χ1) is 12.6. The Labute approximate surface area is 156 Å². The zero-order valence-corrected chi connectivity index (χ0v) is 14.3. The number of amides is 1. The van der Waals surface area contributed by atoms with Crippen LogP contribution in [0.5, 0.6) is 0 Å². The molecule has 0 aliphatic carbocycles. The van der Waals surface area contributed by atoms with Crippen LogP contribution in [0, 0.1) is 10.1 Å². The summed E-state index contributed by atoms with van der Waals surface area (Å²) in [5.74, 6) is -3.04. The smallest absolute Gasteiger partial charge is 0.287 e. The van der Waals surface area contributed by atoms with Gasteiger partial charge >= 0.3 is 6.18 Å². The largest absolute Gasteiger partial charge is 0.416 e. The Morgan fingerprint density at radius 2 is 1.70 bits per heavy atom. The maximum atomic E-state index is 13.3. The molecule has 0 aliphatic heterocycles. The van der Waals surface area contributed by atoms with Gasteiger partial charge in [-0.1, -0.05) is 42.5 Å². The lowest BCUT2D eigenvalue weighted by molar-refractivity contribution is -0.465. The van der Waals surface area contributed by atoms with Gasteiger partial charge in [-0.15, -0.1) is 0 Å². The molecule has 2 aromatic rings. The second kappa shape index (κ2) is 8.17. The van der Waals surface area contributed by atoms with E-state index in [2.05, 4.69) is 0 Å². The summed E-state index contributed by atoms with van der Waals surface area (Å²) in [6.07, 6.45) is -4.69. The molecule has 1 atom stereocenters. The predicted octanol–water partition coefficient (Wildman–Crippen LogP) is 3.57. The van der Waals surface area contributed by atoms with Crippen LogP contribution in [-0.4, -0.2) is 23.2 Å². The molecule has 10 heteroatoms. The van der Waals surface area contributed by atoms with E-state index in [1.165, 1.54) is 36.4 Å². The van der Waals surface area contributed by atoms with Crippen LogP contribution in [0.15, 0.2) is 48.5 Å². The SMILES string of the molecule is O=C(C[N+](=O)[O-])c1ccc(C(C(=O)NCl)c2ccccc2C(F)(F)F)cc1. The third-order valence-electron chi connectivity index (χ3n) is 3.77. The molecule has 0 saturated heterocycles. The molecule has 1 N–H and O–H groups in total. The Hall–Kier alpha value is -2.94. The van der Waals surface area contributed by atoms with Crippen LogP contribution in [0.3, 0.4) is 0 Å². The van der Waals surface area contributed by atoms with Crippen LogP contribution in [0.25, 0.3) is 0 Å². The average molecular weight is 401 g/mol. The maximum Gasteiger partial charge on any atom is 0.416 e. The molecule has 142 valence electrons. The molecule has 27 heavy (non-hydrogen) atoms. The van der Waals surface area contributed by atoms with Crippen LogP contribution in [0.4, 0.5) is 13.2 Å². The number of alkyl halides is 3. The highest BCUT2D eigenvalue weighted by atomic mass is 35.5. The number of nitrogens with zero attached hydrogens (tertiary/aromatic N) is 1. The second-order valence-corrected chi connectivity index (χ2v) is 5.70. The van der Waals surface area contributed by atoms with Crippen molar-refractivity contribution in [3.05, 3.63) is 80.9 Å². The standard InChI is InChI=1S/C17H12ClF3N2O4/c18-22-16(25)15(12-3-1-2-4-13(12)17(19,20)21)11-7-5-10(6-8-11)14(24)9-23(26)27/h1-8,15H,9H2,(H,22,25). The zero-order chi connectivity index (χ0) is 20.2. The Morgan fingerprint density at radius 3 is 2.22 bits per heavy atom. The number of Topliss-reactive ketones (excluding diaryl/α,β-unsaturated/α-hetero) is 1. The number of nitrogens with one attached hydrogen (secondary N) is 1. The predicted molar refractivity (Wildman–Crippen MR) is 89.9 cm³/mol.